The van der Waals surface area contributed by atoms with E-state index in [1.807, 2.05) is 12.1 Å². The van der Waals surface area contributed by atoms with Crippen LogP contribution in [0, 0.1) is 0 Å². The summed E-state index contributed by atoms with van der Waals surface area (Å²) in [7, 11) is 0. The van der Waals surface area contributed by atoms with Gasteiger partial charge in [-0.3, -0.25) is 0 Å². The molecule has 0 atom stereocenters. The molecule has 1 aromatic rings. The second-order valence-corrected chi connectivity index (χ2v) is 6.07. The van der Waals surface area contributed by atoms with Crippen LogP contribution in [0.2, 0.25) is 10.0 Å². The highest BCUT2D eigenvalue weighted by atomic mass is 35.5. The van der Waals surface area contributed by atoms with Gasteiger partial charge in [-0.15, -0.1) is 0 Å². The Bertz CT molecular complexity index is 375. The number of hydrogen-bond acceptors (Lipinski definition) is 2. The van der Waals surface area contributed by atoms with Crippen molar-refractivity contribution < 1.29 is 4.74 Å². The summed E-state index contributed by atoms with van der Waals surface area (Å²) in [6.45, 7) is 8.14. The average Bonchev–Trinajstić information content (AvgIpc) is 2.27. The lowest BCUT2D eigenvalue weighted by Crippen LogP contribution is -2.36. The first-order valence-corrected chi connectivity index (χ1v) is 6.97. The molecule has 0 amide bonds. The van der Waals surface area contributed by atoms with Crippen LogP contribution >= 0.6 is 23.2 Å². The number of nitrogens with one attached hydrogen (secondary N) is 1. The fraction of sp³-hybridized carbons (Fsp3) is 0.571. The van der Waals surface area contributed by atoms with E-state index >= 15 is 0 Å². The molecule has 1 rings (SSSR count). The van der Waals surface area contributed by atoms with Crippen LogP contribution < -0.4 is 10.1 Å². The molecular formula is C14H21Cl2NO. The van der Waals surface area contributed by atoms with Gasteiger partial charge in [-0.25, -0.2) is 0 Å². The predicted octanol–water partition coefficient (Wildman–Crippen LogP) is 4.54. The second-order valence-electron chi connectivity index (χ2n) is 5.28. The molecule has 102 valence electrons. The van der Waals surface area contributed by atoms with Crippen molar-refractivity contribution in [3.05, 3.63) is 28.2 Å². The van der Waals surface area contributed by atoms with E-state index in [-0.39, 0.29) is 5.54 Å². The van der Waals surface area contributed by atoms with Gasteiger partial charge in [-0.2, -0.15) is 0 Å². The van der Waals surface area contributed by atoms with E-state index in [1.54, 1.807) is 6.07 Å². The monoisotopic (exact) mass is 289 g/mol. The van der Waals surface area contributed by atoms with Crippen molar-refractivity contribution in [2.75, 3.05) is 13.2 Å². The first-order valence-electron chi connectivity index (χ1n) is 6.22. The molecule has 4 heteroatoms. The SMILES string of the molecule is CC(C)(C)NCCCCOc1cccc(Cl)c1Cl. The lowest BCUT2D eigenvalue weighted by Gasteiger charge is -2.20. The molecular weight excluding hydrogens is 269 g/mol. The van der Waals surface area contributed by atoms with Crippen LogP contribution in [0.4, 0.5) is 0 Å². The minimum absolute atomic E-state index is 0.178. The van der Waals surface area contributed by atoms with Crippen LogP contribution in [0.25, 0.3) is 0 Å². The molecule has 0 aromatic heterocycles. The highest BCUT2D eigenvalue weighted by Gasteiger charge is 2.07. The van der Waals surface area contributed by atoms with Crippen LogP contribution in [-0.4, -0.2) is 18.7 Å². The van der Waals surface area contributed by atoms with Crippen LogP contribution in [-0.2, 0) is 0 Å². The highest BCUT2D eigenvalue weighted by molar-refractivity contribution is 6.42. The van der Waals surface area contributed by atoms with Crippen molar-refractivity contribution in [3.63, 3.8) is 0 Å². The summed E-state index contributed by atoms with van der Waals surface area (Å²) in [6, 6.07) is 5.43. The van der Waals surface area contributed by atoms with Gasteiger partial charge in [0.25, 0.3) is 0 Å². The van der Waals surface area contributed by atoms with Gasteiger partial charge in [0, 0.05) is 5.54 Å². The first-order chi connectivity index (χ1) is 8.40. The van der Waals surface area contributed by atoms with Gasteiger partial charge in [0.05, 0.1) is 11.6 Å². The van der Waals surface area contributed by atoms with Crippen molar-refractivity contribution >= 4 is 23.2 Å². The van der Waals surface area contributed by atoms with Gasteiger partial charge in [-0.1, -0.05) is 29.3 Å². The van der Waals surface area contributed by atoms with Gasteiger partial charge in [0.15, 0.2) is 0 Å². The number of hydrogen-bond donors (Lipinski definition) is 1. The number of rotatable bonds is 6. The molecule has 0 unspecified atom stereocenters. The summed E-state index contributed by atoms with van der Waals surface area (Å²) < 4.78 is 5.61. The van der Waals surface area contributed by atoms with Crippen LogP contribution in [0.15, 0.2) is 18.2 Å². The third-order valence-electron chi connectivity index (χ3n) is 2.40. The fourth-order valence-corrected chi connectivity index (χ4v) is 1.81. The summed E-state index contributed by atoms with van der Waals surface area (Å²) in [5.41, 5.74) is 0.178. The Kier molecular flexibility index (Phi) is 6.27. The first kappa shape index (κ1) is 15.6. The molecule has 1 N–H and O–H groups in total. The van der Waals surface area contributed by atoms with Crippen molar-refractivity contribution in [3.8, 4) is 5.75 Å². The smallest absolute Gasteiger partial charge is 0.139 e. The zero-order valence-electron chi connectivity index (χ0n) is 11.2. The largest absolute Gasteiger partial charge is 0.492 e. The summed E-state index contributed by atoms with van der Waals surface area (Å²) in [5.74, 6) is 0.660. The summed E-state index contributed by atoms with van der Waals surface area (Å²) >= 11 is 11.9. The fourth-order valence-electron chi connectivity index (χ4n) is 1.47. The average molecular weight is 290 g/mol. The number of unbranched alkanes of at least 4 members (excludes halogenated alkanes) is 1. The Morgan fingerprint density at radius 1 is 1.17 bits per heavy atom. The van der Waals surface area contributed by atoms with E-state index in [9.17, 15) is 0 Å². The van der Waals surface area contributed by atoms with E-state index in [0.29, 0.717) is 22.4 Å². The van der Waals surface area contributed by atoms with Crippen molar-refractivity contribution in [1.29, 1.82) is 0 Å². The van der Waals surface area contributed by atoms with Crippen LogP contribution in [0.3, 0.4) is 0 Å². The van der Waals surface area contributed by atoms with E-state index in [4.69, 9.17) is 27.9 Å². The molecule has 0 saturated heterocycles. The van der Waals surface area contributed by atoms with Gasteiger partial charge >= 0.3 is 0 Å². The van der Waals surface area contributed by atoms with E-state index in [0.717, 1.165) is 19.4 Å². The minimum atomic E-state index is 0.178. The number of ether oxygens (including phenoxy) is 1. The molecule has 0 bridgehead atoms. The van der Waals surface area contributed by atoms with E-state index in [2.05, 4.69) is 26.1 Å². The highest BCUT2D eigenvalue weighted by Crippen LogP contribution is 2.31. The Balaban J connectivity index is 2.20. The van der Waals surface area contributed by atoms with Crippen LogP contribution in [0.5, 0.6) is 5.75 Å². The predicted molar refractivity (Wildman–Crippen MR) is 78.9 cm³/mol. The topological polar surface area (TPSA) is 21.3 Å². The third-order valence-corrected chi connectivity index (χ3v) is 3.20. The number of benzene rings is 1. The molecule has 0 heterocycles. The molecule has 1 aromatic carbocycles. The van der Waals surface area contributed by atoms with E-state index < -0.39 is 0 Å². The molecule has 0 aliphatic carbocycles. The van der Waals surface area contributed by atoms with Crippen molar-refractivity contribution in [2.24, 2.45) is 0 Å². The van der Waals surface area contributed by atoms with Gasteiger partial charge in [-0.05, 0) is 52.3 Å². The third kappa shape index (κ3) is 5.94. The molecule has 0 radical (unpaired) electrons. The summed E-state index contributed by atoms with van der Waals surface area (Å²) in [5, 5.41) is 4.46. The molecule has 2 nitrogen and oxygen atoms in total. The molecule has 0 saturated carbocycles. The second kappa shape index (κ2) is 7.22. The standard InChI is InChI=1S/C14H21Cl2NO/c1-14(2,3)17-9-4-5-10-18-12-8-6-7-11(15)13(12)16/h6-8,17H,4-5,9-10H2,1-3H3. The molecule has 18 heavy (non-hydrogen) atoms. The maximum absolute atomic E-state index is 6.02. The van der Waals surface area contributed by atoms with Crippen molar-refractivity contribution in [2.45, 2.75) is 39.2 Å². The Labute approximate surface area is 120 Å². The Hall–Kier alpha value is -0.440. The van der Waals surface area contributed by atoms with E-state index in [1.165, 1.54) is 0 Å². The zero-order chi connectivity index (χ0) is 13.6. The maximum Gasteiger partial charge on any atom is 0.139 e. The van der Waals surface area contributed by atoms with Gasteiger partial charge in [0.1, 0.15) is 10.8 Å². The molecule has 0 aliphatic rings. The Morgan fingerprint density at radius 3 is 2.56 bits per heavy atom. The molecule has 0 aliphatic heterocycles. The zero-order valence-corrected chi connectivity index (χ0v) is 12.7. The lowest BCUT2D eigenvalue weighted by atomic mass is 10.1. The summed E-state index contributed by atoms with van der Waals surface area (Å²) in [4.78, 5) is 0. The molecule has 0 fully saturated rings. The lowest BCUT2D eigenvalue weighted by molar-refractivity contribution is 0.301. The molecule has 0 spiro atoms. The van der Waals surface area contributed by atoms with Crippen LogP contribution in [0.1, 0.15) is 33.6 Å². The number of halogens is 2. The summed E-state index contributed by atoms with van der Waals surface area (Å²) in [6.07, 6.45) is 2.07. The normalized spacial score (nSPS) is 11.6. The van der Waals surface area contributed by atoms with Gasteiger partial charge in [0.2, 0.25) is 0 Å². The van der Waals surface area contributed by atoms with Gasteiger partial charge < -0.3 is 10.1 Å². The maximum atomic E-state index is 6.02. The minimum Gasteiger partial charge on any atom is -0.492 e. The quantitative estimate of drug-likeness (QED) is 0.777. The Morgan fingerprint density at radius 2 is 1.89 bits per heavy atom. The van der Waals surface area contributed by atoms with Crippen molar-refractivity contribution in [1.82, 2.24) is 5.32 Å².